The average molecular weight is 481 g/mol. The van der Waals surface area contributed by atoms with Gasteiger partial charge >= 0.3 is 0 Å². The van der Waals surface area contributed by atoms with E-state index in [2.05, 4.69) is 17.5 Å². The standard InChI is InChI=1S/C30H25ClN2O2/c1-19-26(17-32)29(22-9-13-25(14-10-22)35-18-20-5-3-2-4-6-20)30-27(33-19)15-23(16-28(30)34)21-7-11-24(31)12-8-21/h2-15,23,29-30,33H,16,18H2,1H3. The van der Waals surface area contributed by atoms with Crippen LogP contribution in [0.4, 0.5) is 0 Å². The van der Waals surface area contributed by atoms with E-state index < -0.39 is 5.92 Å². The normalized spacial score (nSPS) is 21.5. The van der Waals surface area contributed by atoms with Crippen molar-refractivity contribution in [3.8, 4) is 11.8 Å². The van der Waals surface area contributed by atoms with Crippen molar-refractivity contribution < 1.29 is 9.53 Å². The molecule has 3 atom stereocenters. The SMILES string of the molecule is CC1=C(C#N)C(c2ccc(OCc3ccccc3)cc2)C2C(=O)CC(c3ccc(Cl)cc3)C=C2N1. The molecule has 1 aliphatic carbocycles. The maximum atomic E-state index is 13.5. The largest absolute Gasteiger partial charge is 0.489 e. The molecular formula is C30H25ClN2O2. The summed E-state index contributed by atoms with van der Waals surface area (Å²) in [6.45, 7) is 2.38. The van der Waals surface area contributed by atoms with Gasteiger partial charge in [0.05, 0.1) is 17.6 Å². The van der Waals surface area contributed by atoms with Gasteiger partial charge < -0.3 is 10.1 Å². The topological polar surface area (TPSA) is 62.1 Å². The van der Waals surface area contributed by atoms with Crippen LogP contribution >= 0.6 is 11.6 Å². The Balaban J connectivity index is 1.43. The number of carbonyl (C=O) groups is 1. The molecule has 0 radical (unpaired) electrons. The molecule has 0 aromatic heterocycles. The highest BCUT2D eigenvalue weighted by Gasteiger charge is 2.42. The first-order chi connectivity index (χ1) is 17.0. The molecule has 0 amide bonds. The highest BCUT2D eigenvalue weighted by molar-refractivity contribution is 6.30. The Morgan fingerprint density at radius 2 is 1.66 bits per heavy atom. The van der Waals surface area contributed by atoms with Gasteiger partial charge in [0, 0.05) is 34.7 Å². The molecular weight excluding hydrogens is 456 g/mol. The number of carbonyl (C=O) groups excluding carboxylic acids is 1. The van der Waals surface area contributed by atoms with Gasteiger partial charge in [-0.25, -0.2) is 0 Å². The molecule has 0 fully saturated rings. The van der Waals surface area contributed by atoms with Crippen LogP contribution in [0.2, 0.25) is 5.02 Å². The van der Waals surface area contributed by atoms with Crippen molar-refractivity contribution in [1.29, 1.82) is 5.26 Å². The van der Waals surface area contributed by atoms with Crippen LogP contribution in [-0.2, 0) is 11.4 Å². The van der Waals surface area contributed by atoms with Crippen LogP contribution in [0, 0.1) is 17.2 Å². The molecule has 4 nitrogen and oxygen atoms in total. The number of nitrogens with zero attached hydrogens (tertiary/aromatic N) is 1. The summed E-state index contributed by atoms with van der Waals surface area (Å²) in [5.41, 5.74) is 5.34. The fourth-order valence-electron chi connectivity index (χ4n) is 5.01. The van der Waals surface area contributed by atoms with Gasteiger partial charge in [-0.2, -0.15) is 5.26 Å². The molecule has 3 unspecified atom stereocenters. The third-order valence-corrected chi connectivity index (χ3v) is 7.02. The molecule has 0 bridgehead atoms. The summed E-state index contributed by atoms with van der Waals surface area (Å²) in [7, 11) is 0. The summed E-state index contributed by atoms with van der Waals surface area (Å²) in [6, 6.07) is 27.8. The van der Waals surface area contributed by atoms with Crippen LogP contribution in [0.3, 0.4) is 0 Å². The van der Waals surface area contributed by atoms with Crippen LogP contribution in [0.15, 0.2) is 102 Å². The molecule has 174 valence electrons. The first-order valence-electron chi connectivity index (χ1n) is 11.7. The number of halogens is 1. The number of fused-ring (bicyclic) bond motifs is 1. The van der Waals surface area contributed by atoms with Crippen LogP contribution in [0.1, 0.15) is 41.9 Å². The van der Waals surface area contributed by atoms with Crippen LogP contribution < -0.4 is 10.1 Å². The number of nitrogens with one attached hydrogen (secondary N) is 1. The monoisotopic (exact) mass is 480 g/mol. The first-order valence-corrected chi connectivity index (χ1v) is 12.1. The molecule has 3 aromatic rings. The van der Waals surface area contributed by atoms with Crippen molar-refractivity contribution in [1.82, 2.24) is 5.32 Å². The molecule has 5 rings (SSSR count). The summed E-state index contributed by atoms with van der Waals surface area (Å²) in [6.07, 6.45) is 2.53. The Bertz CT molecular complexity index is 1340. The second-order valence-corrected chi connectivity index (χ2v) is 9.46. The van der Waals surface area contributed by atoms with E-state index in [1.807, 2.05) is 85.8 Å². The average Bonchev–Trinajstić information content (AvgIpc) is 2.88. The van der Waals surface area contributed by atoms with E-state index in [1.165, 1.54) is 0 Å². The molecule has 5 heteroatoms. The Hall–Kier alpha value is -3.81. The Morgan fingerprint density at radius 3 is 2.34 bits per heavy atom. The van der Waals surface area contributed by atoms with E-state index in [1.54, 1.807) is 0 Å². The molecule has 0 saturated carbocycles. The van der Waals surface area contributed by atoms with Crippen molar-refractivity contribution in [2.24, 2.45) is 5.92 Å². The highest BCUT2D eigenvalue weighted by Crippen LogP contribution is 2.45. The smallest absolute Gasteiger partial charge is 0.143 e. The number of benzene rings is 3. The summed E-state index contributed by atoms with van der Waals surface area (Å²) < 4.78 is 5.93. The molecule has 1 aliphatic heterocycles. The van der Waals surface area contributed by atoms with Gasteiger partial charge in [0.1, 0.15) is 18.1 Å². The quantitative estimate of drug-likeness (QED) is 0.443. The van der Waals surface area contributed by atoms with Crippen LogP contribution in [0.25, 0.3) is 0 Å². The summed E-state index contributed by atoms with van der Waals surface area (Å²) >= 11 is 6.05. The van der Waals surface area contributed by atoms with Crippen LogP contribution in [0.5, 0.6) is 5.75 Å². The zero-order chi connectivity index (χ0) is 24.4. The van der Waals surface area contributed by atoms with Crippen molar-refractivity contribution in [3.63, 3.8) is 0 Å². The number of allylic oxidation sites excluding steroid dienone is 4. The number of rotatable bonds is 5. The Morgan fingerprint density at radius 1 is 0.971 bits per heavy atom. The minimum atomic E-state index is -0.409. The van der Waals surface area contributed by atoms with Gasteiger partial charge in [0.25, 0.3) is 0 Å². The second kappa shape index (κ2) is 9.82. The van der Waals surface area contributed by atoms with Crippen molar-refractivity contribution >= 4 is 17.4 Å². The second-order valence-electron chi connectivity index (χ2n) is 9.02. The lowest BCUT2D eigenvalue weighted by Gasteiger charge is -2.38. The van der Waals surface area contributed by atoms with Gasteiger partial charge in [-0.05, 0) is 47.9 Å². The Kier molecular flexibility index (Phi) is 6.44. The number of nitriles is 1. The van der Waals surface area contributed by atoms with Crippen molar-refractivity contribution in [2.45, 2.75) is 31.8 Å². The molecule has 0 saturated heterocycles. The molecule has 1 heterocycles. The summed E-state index contributed by atoms with van der Waals surface area (Å²) in [4.78, 5) is 13.5. The molecule has 1 N–H and O–H groups in total. The molecule has 3 aromatic carbocycles. The lowest BCUT2D eigenvalue weighted by molar-refractivity contribution is -0.123. The maximum Gasteiger partial charge on any atom is 0.143 e. The van der Waals surface area contributed by atoms with E-state index in [0.29, 0.717) is 23.6 Å². The Labute approximate surface area is 210 Å². The minimum absolute atomic E-state index is 0.0237. The van der Waals surface area contributed by atoms with E-state index in [4.69, 9.17) is 16.3 Å². The molecule has 2 aliphatic rings. The third kappa shape index (κ3) is 4.73. The summed E-state index contributed by atoms with van der Waals surface area (Å²) in [5, 5.41) is 14.0. The van der Waals surface area contributed by atoms with Gasteiger partial charge in [0.15, 0.2) is 0 Å². The predicted octanol–water partition coefficient (Wildman–Crippen LogP) is 6.66. The molecule has 35 heavy (non-hydrogen) atoms. The lowest BCUT2D eigenvalue weighted by atomic mass is 9.69. The van der Waals surface area contributed by atoms with E-state index in [-0.39, 0.29) is 17.6 Å². The predicted molar refractivity (Wildman–Crippen MR) is 137 cm³/mol. The van der Waals surface area contributed by atoms with Gasteiger partial charge in [0.2, 0.25) is 0 Å². The maximum absolute atomic E-state index is 13.5. The molecule has 0 spiro atoms. The zero-order valence-corrected chi connectivity index (χ0v) is 20.1. The number of Topliss-reactive ketones (excluding diaryl/α,β-unsaturated/α-hetero) is 1. The number of hydrogen-bond donors (Lipinski definition) is 1. The first kappa shape index (κ1) is 23.0. The van der Waals surface area contributed by atoms with E-state index >= 15 is 0 Å². The lowest BCUT2D eigenvalue weighted by Crippen LogP contribution is -2.39. The van der Waals surface area contributed by atoms with Crippen molar-refractivity contribution in [2.75, 3.05) is 0 Å². The van der Waals surface area contributed by atoms with E-state index in [0.717, 1.165) is 33.8 Å². The number of ether oxygens (including phenoxy) is 1. The fraction of sp³-hybridized carbons (Fsp3) is 0.200. The highest BCUT2D eigenvalue weighted by atomic mass is 35.5. The van der Waals surface area contributed by atoms with Gasteiger partial charge in [-0.15, -0.1) is 0 Å². The number of ketones is 1. The minimum Gasteiger partial charge on any atom is -0.489 e. The van der Waals surface area contributed by atoms with Gasteiger partial charge in [-0.3, -0.25) is 4.79 Å². The van der Waals surface area contributed by atoms with Gasteiger partial charge in [-0.1, -0.05) is 72.3 Å². The van der Waals surface area contributed by atoms with E-state index in [9.17, 15) is 10.1 Å². The van der Waals surface area contributed by atoms with Crippen molar-refractivity contribution in [3.05, 3.63) is 124 Å². The third-order valence-electron chi connectivity index (χ3n) is 6.77. The fourth-order valence-corrected chi connectivity index (χ4v) is 5.14. The van der Waals surface area contributed by atoms with Crippen LogP contribution in [-0.4, -0.2) is 5.78 Å². The summed E-state index contributed by atoms with van der Waals surface area (Å²) in [5.74, 6) is 0.121. The zero-order valence-electron chi connectivity index (χ0n) is 19.4. The number of hydrogen-bond acceptors (Lipinski definition) is 4.